The molecule has 0 N–H and O–H groups in total. The third kappa shape index (κ3) is 3.96. The Balaban J connectivity index is 1.34. The number of carbonyl (C=O) groups is 1. The van der Waals surface area contributed by atoms with Crippen molar-refractivity contribution in [2.45, 2.75) is 51.0 Å². The number of pyridine rings is 1. The van der Waals surface area contributed by atoms with Gasteiger partial charge < -0.3 is 9.64 Å². The lowest BCUT2D eigenvalue weighted by Crippen LogP contribution is -2.56. The van der Waals surface area contributed by atoms with Crippen LogP contribution in [0.4, 0.5) is 0 Å². The van der Waals surface area contributed by atoms with Crippen molar-refractivity contribution in [2.75, 3.05) is 13.1 Å². The minimum atomic E-state index is 0.132. The third-order valence-corrected chi connectivity index (χ3v) is 4.63. The number of amides is 1. The monoisotopic (exact) mass is 288 g/mol. The molecule has 4 heteroatoms. The van der Waals surface area contributed by atoms with E-state index in [9.17, 15) is 4.79 Å². The van der Waals surface area contributed by atoms with Crippen LogP contribution in [0.1, 0.15) is 44.9 Å². The van der Waals surface area contributed by atoms with Crippen LogP contribution in [0.5, 0.6) is 5.75 Å². The Hall–Kier alpha value is -1.58. The van der Waals surface area contributed by atoms with Gasteiger partial charge in [0.05, 0.1) is 19.3 Å². The Morgan fingerprint density at radius 3 is 2.81 bits per heavy atom. The van der Waals surface area contributed by atoms with Crippen LogP contribution in [0, 0.1) is 5.92 Å². The summed E-state index contributed by atoms with van der Waals surface area (Å²) in [6.07, 6.45) is 12.1. The van der Waals surface area contributed by atoms with Crippen LogP contribution < -0.4 is 4.74 Å². The van der Waals surface area contributed by atoms with Crippen LogP contribution in [0.15, 0.2) is 24.5 Å². The molecule has 4 nitrogen and oxygen atoms in total. The van der Waals surface area contributed by atoms with Crippen LogP contribution in [-0.2, 0) is 4.79 Å². The fourth-order valence-electron chi connectivity index (χ4n) is 3.29. The molecule has 0 spiro atoms. The molecule has 0 radical (unpaired) electrons. The zero-order chi connectivity index (χ0) is 14.5. The second-order valence-corrected chi connectivity index (χ2v) is 6.27. The molecular weight excluding hydrogens is 264 g/mol. The number of rotatable bonds is 5. The third-order valence-electron chi connectivity index (χ3n) is 4.63. The van der Waals surface area contributed by atoms with Gasteiger partial charge in [0.2, 0.25) is 5.91 Å². The van der Waals surface area contributed by atoms with E-state index in [2.05, 4.69) is 4.98 Å². The van der Waals surface area contributed by atoms with Gasteiger partial charge in [-0.2, -0.15) is 0 Å². The van der Waals surface area contributed by atoms with Crippen LogP contribution in [-0.4, -0.2) is 35.0 Å². The van der Waals surface area contributed by atoms with E-state index in [1.165, 1.54) is 32.1 Å². The molecule has 2 heterocycles. The molecule has 1 aromatic rings. The Bertz CT molecular complexity index is 451. The van der Waals surface area contributed by atoms with Crippen molar-refractivity contribution < 1.29 is 9.53 Å². The molecule has 1 saturated heterocycles. The summed E-state index contributed by atoms with van der Waals surface area (Å²) in [5.74, 6) is 1.87. The molecule has 114 valence electrons. The van der Waals surface area contributed by atoms with E-state index in [0.29, 0.717) is 12.3 Å². The predicted octanol–water partition coefficient (Wildman–Crippen LogP) is 3.03. The highest BCUT2D eigenvalue weighted by Crippen LogP contribution is 2.28. The van der Waals surface area contributed by atoms with Gasteiger partial charge in [-0.1, -0.05) is 32.1 Å². The van der Waals surface area contributed by atoms with E-state index in [0.717, 1.165) is 31.2 Å². The van der Waals surface area contributed by atoms with E-state index >= 15 is 0 Å². The van der Waals surface area contributed by atoms with Crippen molar-refractivity contribution in [3.63, 3.8) is 0 Å². The molecule has 1 aliphatic heterocycles. The SMILES string of the molecule is O=C(CCC1CCCCC1)N1CC(Oc2cccnc2)C1. The van der Waals surface area contributed by atoms with Crippen LogP contribution >= 0.6 is 0 Å². The quantitative estimate of drug-likeness (QED) is 0.836. The molecule has 2 fully saturated rings. The van der Waals surface area contributed by atoms with E-state index in [-0.39, 0.29) is 6.10 Å². The molecule has 21 heavy (non-hydrogen) atoms. The maximum atomic E-state index is 12.1. The van der Waals surface area contributed by atoms with Gasteiger partial charge in [0.25, 0.3) is 0 Å². The van der Waals surface area contributed by atoms with Crippen molar-refractivity contribution in [2.24, 2.45) is 5.92 Å². The number of ether oxygens (including phenoxy) is 1. The number of nitrogens with zero attached hydrogens (tertiary/aromatic N) is 2. The molecule has 1 saturated carbocycles. The Kier molecular flexibility index (Phi) is 4.73. The maximum absolute atomic E-state index is 12.1. The van der Waals surface area contributed by atoms with Gasteiger partial charge in [0.1, 0.15) is 11.9 Å². The number of likely N-dealkylation sites (tertiary alicyclic amines) is 1. The van der Waals surface area contributed by atoms with Crippen molar-refractivity contribution in [3.8, 4) is 5.75 Å². The molecule has 0 unspecified atom stereocenters. The largest absolute Gasteiger partial charge is 0.485 e. The fraction of sp³-hybridized carbons (Fsp3) is 0.647. The first-order valence-corrected chi connectivity index (χ1v) is 8.16. The van der Waals surface area contributed by atoms with Crippen LogP contribution in [0.2, 0.25) is 0 Å². The van der Waals surface area contributed by atoms with Gasteiger partial charge in [-0.3, -0.25) is 9.78 Å². The predicted molar refractivity (Wildman–Crippen MR) is 81.0 cm³/mol. The van der Waals surface area contributed by atoms with Crippen LogP contribution in [0.3, 0.4) is 0 Å². The van der Waals surface area contributed by atoms with E-state index in [1.807, 2.05) is 17.0 Å². The molecule has 0 aromatic carbocycles. The van der Waals surface area contributed by atoms with Crippen LogP contribution in [0.25, 0.3) is 0 Å². The first-order chi connectivity index (χ1) is 10.3. The number of carbonyl (C=O) groups excluding carboxylic acids is 1. The Morgan fingerprint density at radius 2 is 2.10 bits per heavy atom. The lowest BCUT2D eigenvalue weighted by Gasteiger charge is -2.39. The van der Waals surface area contributed by atoms with E-state index in [1.54, 1.807) is 12.4 Å². The molecule has 2 aliphatic rings. The normalized spacial score (nSPS) is 20.1. The van der Waals surface area contributed by atoms with Gasteiger partial charge in [-0.15, -0.1) is 0 Å². The highest BCUT2D eigenvalue weighted by molar-refractivity contribution is 5.77. The van der Waals surface area contributed by atoms with Crippen molar-refractivity contribution in [3.05, 3.63) is 24.5 Å². The van der Waals surface area contributed by atoms with Gasteiger partial charge in [0.15, 0.2) is 0 Å². The molecule has 1 amide bonds. The summed E-state index contributed by atoms with van der Waals surface area (Å²) in [4.78, 5) is 18.1. The van der Waals surface area contributed by atoms with E-state index in [4.69, 9.17) is 4.74 Å². The second-order valence-electron chi connectivity index (χ2n) is 6.27. The lowest BCUT2D eigenvalue weighted by molar-refractivity contribution is -0.140. The average molecular weight is 288 g/mol. The average Bonchev–Trinajstić information content (AvgIpc) is 2.50. The highest BCUT2D eigenvalue weighted by Gasteiger charge is 2.32. The summed E-state index contributed by atoms with van der Waals surface area (Å²) in [5, 5.41) is 0. The maximum Gasteiger partial charge on any atom is 0.222 e. The smallest absolute Gasteiger partial charge is 0.222 e. The van der Waals surface area contributed by atoms with Crippen molar-refractivity contribution >= 4 is 5.91 Å². The minimum Gasteiger partial charge on any atom is -0.485 e. The summed E-state index contributed by atoms with van der Waals surface area (Å²) in [5.41, 5.74) is 0. The first-order valence-electron chi connectivity index (χ1n) is 8.16. The number of aromatic nitrogens is 1. The number of hydrogen-bond acceptors (Lipinski definition) is 3. The zero-order valence-electron chi connectivity index (χ0n) is 12.5. The van der Waals surface area contributed by atoms with Gasteiger partial charge in [-0.05, 0) is 24.5 Å². The standard InChI is InChI=1S/C17H24N2O2/c20-17(9-8-14-5-2-1-3-6-14)19-12-16(13-19)21-15-7-4-10-18-11-15/h4,7,10-11,14,16H,1-3,5-6,8-9,12-13H2. The molecule has 1 aliphatic carbocycles. The molecule has 0 atom stereocenters. The Labute approximate surface area is 126 Å². The van der Waals surface area contributed by atoms with Crippen molar-refractivity contribution in [1.82, 2.24) is 9.88 Å². The second kappa shape index (κ2) is 6.92. The van der Waals surface area contributed by atoms with E-state index < -0.39 is 0 Å². The minimum absolute atomic E-state index is 0.132. The van der Waals surface area contributed by atoms with Gasteiger partial charge in [-0.25, -0.2) is 0 Å². The van der Waals surface area contributed by atoms with Gasteiger partial charge in [0, 0.05) is 12.6 Å². The summed E-state index contributed by atoms with van der Waals surface area (Å²) in [6.45, 7) is 1.44. The number of hydrogen-bond donors (Lipinski definition) is 0. The summed E-state index contributed by atoms with van der Waals surface area (Å²) >= 11 is 0. The molecule has 1 aromatic heterocycles. The summed E-state index contributed by atoms with van der Waals surface area (Å²) < 4.78 is 5.77. The summed E-state index contributed by atoms with van der Waals surface area (Å²) in [7, 11) is 0. The highest BCUT2D eigenvalue weighted by atomic mass is 16.5. The molecule has 3 rings (SSSR count). The molecule has 0 bridgehead atoms. The summed E-state index contributed by atoms with van der Waals surface area (Å²) in [6, 6.07) is 3.77. The fourth-order valence-corrected chi connectivity index (χ4v) is 3.29. The topological polar surface area (TPSA) is 42.4 Å². The zero-order valence-corrected chi connectivity index (χ0v) is 12.5. The lowest BCUT2D eigenvalue weighted by atomic mass is 9.86. The first kappa shape index (κ1) is 14.4. The Morgan fingerprint density at radius 1 is 1.29 bits per heavy atom. The molecular formula is C17H24N2O2. The van der Waals surface area contributed by atoms with Crippen molar-refractivity contribution in [1.29, 1.82) is 0 Å². The van der Waals surface area contributed by atoms with Gasteiger partial charge >= 0.3 is 0 Å².